The number of benzene rings is 2. The molecule has 1 amide bonds. The van der Waals surface area contributed by atoms with Crippen molar-refractivity contribution in [1.82, 2.24) is 14.7 Å². The number of rotatable bonds is 9. The standard InChI is InChI=1S/C36H38F3N3O3S/c1-4-45-35(44)31-21-40-42(33(31)36(37,38)39)29-7-5-6-28(20-29)32-30(14-17-46-32)23(3)19-26-10-11-27(18-22(26)2)24-12-15-41(16-13-24)34(43)25-8-9-25/h5-7,10-11,14,17-18,20-21,23-25H,4,8-9,12-13,15-16,19H2,1-3H3. The summed E-state index contributed by atoms with van der Waals surface area (Å²) in [6.07, 6.45) is 1.02. The summed E-state index contributed by atoms with van der Waals surface area (Å²) >= 11 is 1.55. The lowest BCUT2D eigenvalue weighted by Crippen LogP contribution is -2.38. The summed E-state index contributed by atoms with van der Waals surface area (Å²) in [6.45, 7) is 7.51. The SMILES string of the molecule is CCOC(=O)c1cnn(-c2cccc(-c3sccc3C(C)Cc3ccc(C4CCN(C(=O)C5CC5)CC4)cc3C)c2)c1C(F)(F)F. The van der Waals surface area contributed by atoms with Crippen molar-refractivity contribution in [3.63, 3.8) is 0 Å². The number of halogens is 3. The molecule has 1 aliphatic heterocycles. The van der Waals surface area contributed by atoms with Crippen LogP contribution in [0.4, 0.5) is 13.2 Å². The van der Waals surface area contributed by atoms with Crippen molar-refractivity contribution in [2.24, 2.45) is 5.92 Å². The highest BCUT2D eigenvalue weighted by Crippen LogP contribution is 2.39. The first-order valence-electron chi connectivity index (χ1n) is 15.9. The van der Waals surface area contributed by atoms with Gasteiger partial charge in [-0.2, -0.15) is 18.3 Å². The van der Waals surface area contributed by atoms with Gasteiger partial charge in [0, 0.05) is 23.9 Å². The van der Waals surface area contributed by atoms with E-state index in [-0.39, 0.29) is 24.1 Å². The number of alkyl halides is 3. The van der Waals surface area contributed by atoms with Crippen LogP contribution in [0, 0.1) is 12.8 Å². The lowest BCUT2D eigenvalue weighted by Gasteiger charge is -2.32. The molecule has 242 valence electrons. The first-order valence-corrected chi connectivity index (χ1v) is 16.8. The normalized spacial score (nSPS) is 16.4. The Labute approximate surface area is 271 Å². The topological polar surface area (TPSA) is 64.4 Å². The number of carbonyl (C=O) groups excluding carboxylic acids is 2. The van der Waals surface area contributed by atoms with Gasteiger partial charge in [-0.25, -0.2) is 9.48 Å². The van der Waals surface area contributed by atoms with Crippen molar-refractivity contribution in [3.05, 3.63) is 93.6 Å². The number of likely N-dealkylation sites (tertiary alicyclic amines) is 1. The molecule has 0 bridgehead atoms. The quantitative estimate of drug-likeness (QED) is 0.171. The molecule has 0 N–H and O–H groups in total. The predicted molar refractivity (Wildman–Crippen MR) is 172 cm³/mol. The zero-order chi connectivity index (χ0) is 32.6. The Bertz CT molecular complexity index is 1730. The second kappa shape index (κ2) is 13.1. The van der Waals surface area contributed by atoms with E-state index in [1.165, 1.54) is 16.7 Å². The van der Waals surface area contributed by atoms with Gasteiger partial charge in [0.05, 0.1) is 18.5 Å². The number of hydrogen-bond donors (Lipinski definition) is 0. The molecule has 4 aromatic rings. The van der Waals surface area contributed by atoms with E-state index >= 15 is 0 Å². The van der Waals surface area contributed by atoms with Gasteiger partial charge in [-0.05, 0) is 109 Å². The summed E-state index contributed by atoms with van der Waals surface area (Å²) in [5.41, 5.74) is 4.21. The monoisotopic (exact) mass is 649 g/mol. The van der Waals surface area contributed by atoms with E-state index < -0.39 is 23.4 Å². The molecule has 46 heavy (non-hydrogen) atoms. The third-order valence-electron chi connectivity index (χ3n) is 9.21. The van der Waals surface area contributed by atoms with Crippen LogP contribution < -0.4 is 0 Å². The summed E-state index contributed by atoms with van der Waals surface area (Å²) < 4.78 is 48.0. The van der Waals surface area contributed by atoms with Crippen LogP contribution in [0.2, 0.25) is 0 Å². The number of amides is 1. The fraction of sp³-hybridized carbons (Fsp3) is 0.417. The minimum atomic E-state index is -4.81. The number of ether oxygens (including phenoxy) is 1. The minimum absolute atomic E-state index is 0.0390. The fourth-order valence-corrected chi connectivity index (χ4v) is 7.58. The smallest absolute Gasteiger partial charge is 0.434 e. The van der Waals surface area contributed by atoms with E-state index in [9.17, 15) is 22.8 Å². The van der Waals surface area contributed by atoms with Gasteiger partial charge < -0.3 is 9.64 Å². The maximum atomic E-state index is 14.1. The average Bonchev–Trinajstić information content (AvgIpc) is 3.58. The van der Waals surface area contributed by atoms with Gasteiger partial charge in [0.2, 0.25) is 5.91 Å². The van der Waals surface area contributed by atoms with E-state index in [0.717, 1.165) is 72.1 Å². The van der Waals surface area contributed by atoms with Crippen LogP contribution in [0.15, 0.2) is 60.1 Å². The van der Waals surface area contributed by atoms with Crippen LogP contribution in [0.1, 0.15) is 89.7 Å². The number of carbonyl (C=O) groups is 2. The maximum absolute atomic E-state index is 14.1. The van der Waals surface area contributed by atoms with Gasteiger partial charge in [0.25, 0.3) is 0 Å². The van der Waals surface area contributed by atoms with Crippen LogP contribution in [0.5, 0.6) is 0 Å². The predicted octanol–water partition coefficient (Wildman–Crippen LogP) is 8.57. The molecule has 2 aromatic heterocycles. The van der Waals surface area contributed by atoms with Crippen LogP contribution in [-0.4, -0.2) is 46.3 Å². The molecule has 2 fully saturated rings. The molecule has 0 spiro atoms. The molecule has 1 saturated heterocycles. The Morgan fingerprint density at radius 2 is 1.83 bits per heavy atom. The van der Waals surface area contributed by atoms with Crippen molar-refractivity contribution >= 4 is 23.2 Å². The summed E-state index contributed by atoms with van der Waals surface area (Å²) in [4.78, 5) is 27.8. The molecular weight excluding hydrogens is 611 g/mol. The highest BCUT2D eigenvalue weighted by molar-refractivity contribution is 7.13. The molecule has 2 aromatic carbocycles. The third kappa shape index (κ3) is 6.63. The van der Waals surface area contributed by atoms with Gasteiger partial charge in [-0.3, -0.25) is 4.79 Å². The molecule has 1 unspecified atom stereocenters. The number of aromatic nitrogens is 2. The Morgan fingerprint density at radius 3 is 2.50 bits per heavy atom. The van der Waals surface area contributed by atoms with Gasteiger partial charge in [-0.1, -0.05) is 37.3 Å². The van der Waals surface area contributed by atoms with Gasteiger partial charge in [0.15, 0.2) is 5.69 Å². The Kier molecular flexibility index (Phi) is 9.10. The molecule has 10 heteroatoms. The molecule has 1 aliphatic carbocycles. The summed E-state index contributed by atoms with van der Waals surface area (Å²) in [5, 5.41) is 5.96. The van der Waals surface area contributed by atoms with Gasteiger partial charge >= 0.3 is 12.1 Å². The summed E-state index contributed by atoms with van der Waals surface area (Å²) in [5.74, 6) is 0.189. The van der Waals surface area contributed by atoms with Crippen molar-refractivity contribution < 1.29 is 27.5 Å². The maximum Gasteiger partial charge on any atom is 0.434 e. The zero-order valence-corrected chi connectivity index (χ0v) is 27.1. The highest BCUT2D eigenvalue weighted by Gasteiger charge is 2.41. The molecule has 2 aliphatic rings. The number of nitrogens with zero attached hydrogens (tertiary/aromatic N) is 3. The largest absolute Gasteiger partial charge is 0.462 e. The highest BCUT2D eigenvalue weighted by atomic mass is 32.1. The van der Waals surface area contributed by atoms with Crippen LogP contribution >= 0.6 is 11.3 Å². The Morgan fingerprint density at radius 1 is 1.07 bits per heavy atom. The number of esters is 1. The lowest BCUT2D eigenvalue weighted by atomic mass is 9.85. The molecule has 1 atom stereocenters. The molecule has 6 nitrogen and oxygen atoms in total. The van der Waals surface area contributed by atoms with Crippen molar-refractivity contribution in [1.29, 1.82) is 0 Å². The van der Waals surface area contributed by atoms with E-state index in [2.05, 4.69) is 48.1 Å². The van der Waals surface area contributed by atoms with Crippen molar-refractivity contribution in [2.75, 3.05) is 19.7 Å². The lowest BCUT2D eigenvalue weighted by molar-refractivity contribution is -0.143. The van der Waals surface area contributed by atoms with E-state index in [1.54, 1.807) is 36.5 Å². The van der Waals surface area contributed by atoms with Crippen LogP contribution in [-0.2, 0) is 22.1 Å². The van der Waals surface area contributed by atoms with Crippen LogP contribution in [0.3, 0.4) is 0 Å². The van der Waals surface area contributed by atoms with E-state index in [0.29, 0.717) is 11.8 Å². The van der Waals surface area contributed by atoms with Crippen LogP contribution in [0.25, 0.3) is 16.1 Å². The van der Waals surface area contributed by atoms with Gasteiger partial charge in [0.1, 0.15) is 5.56 Å². The minimum Gasteiger partial charge on any atom is -0.462 e. The number of hydrogen-bond acceptors (Lipinski definition) is 5. The average molecular weight is 650 g/mol. The van der Waals surface area contributed by atoms with Crippen molar-refractivity contribution in [3.8, 4) is 16.1 Å². The second-order valence-corrected chi connectivity index (χ2v) is 13.4. The first-order chi connectivity index (χ1) is 22.0. The Hall–Kier alpha value is -3.92. The zero-order valence-electron chi connectivity index (χ0n) is 26.3. The molecule has 1 saturated carbocycles. The number of piperidine rings is 1. The molecule has 0 radical (unpaired) electrons. The summed E-state index contributed by atoms with van der Waals surface area (Å²) in [6, 6.07) is 15.7. The molecule has 6 rings (SSSR count). The van der Waals surface area contributed by atoms with E-state index in [4.69, 9.17) is 4.74 Å². The molecular formula is C36H38F3N3O3S. The first kappa shape index (κ1) is 32.0. The number of thiophene rings is 1. The fourth-order valence-electron chi connectivity index (χ4n) is 6.56. The number of aryl methyl sites for hydroxylation is 1. The second-order valence-electron chi connectivity index (χ2n) is 12.5. The molecule has 3 heterocycles. The van der Waals surface area contributed by atoms with Gasteiger partial charge in [-0.15, -0.1) is 11.3 Å². The van der Waals surface area contributed by atoms with E-state index in [1.807, 2.05) is 11.4 Å². The Balaban J connectivity index is 1.18. The van der Waals surface area contributed by atoms with Crippen molar-refractivity contribution in [2.45, 2.75) is 70.9 Å². The third-order valence-corrected chi connectivity index (χ3v) is 10.2. The summed E-state index contributed by atoms with van der Waals surface area (Å²) in [7, 11) is 0.